The monoisotopic (exact) mass is 578 g/mol. The molecule has 3 heterocycles. The van der Waals surface area contributed by atoms with E-state index >= 15 is 4.39 Å². The minimum atomic E-state index is -0.793. The number of carbonyl (C=O) groups is 2. The summed E-state index contributed by atoms with van der Waals surface area (Å²) in [5, 5.41) is 6.08. The summed E-state index contributed by atoms with van der Waals surface area (Å²) < 4.78 is 41.2. The summed E-state index contributed by atoms with van der Waals surface area (Å²) in [6, 6.07) is 15.3. The fourth-order valence-electron chi connectivity index (χ4n) is 5.40. The molecule has 3 aromatic carbocycles. The first-order valence-corrected chi connectivity index (χ1v) is 13.7. The highest BCUT2D eigenvalue weighted by molar-refractivity contribution is 6.15. The lowest BCUT2D eigenvalue weighted by Crippen LogP contribution is -2.35. The van der Waals surface area contributed by atoms with Gasteiger partial charge in [-0.25, -0.2) is 13.8 Å². The predicted octanol–water partition coefficient (Wildman–Crippen LogP) is 6.67. The molecule has 10 heteroatoms. The standard InChI is InChI=1S/C33H24F2N4O4/c1-17-22(21-4-3-5-26-27(21)28(31(41)36-2)29(42-26)18-6-8-20(34)9-7-18)14-19(15-23(17)35)30(40)39-33(11-12-33)32-38-24-16-37-13-10-25(24)43-32/h3-10,13-16H,11-12H2,1-2H3,(H,36,41)(H,39,40). The Morgan fingerprint density at radius 1 is 0.930 bits per heavy atom. The van der Waals surface area contributed by atoms with E-state index in [-0.39, 0.29) is 16.9 Å². The van der Waals surface area contributed by atoms with Gasteiger partial charge in [0.15, 0.2) is 5.58 Å². The summed E-state index contributed by atoms with van der Waals surface area (Å²) in [7, 11) is 1.50. The first-order valence-electron chi connectivity index (χ1n) is 13.7. The summed E-state index contributed by atoms with van der Waals surface area (Å²) in [6.45, 7) is 1.61. The van der Waals surface area contributed by atoms with Crippen LogP contribution in [0, 0.1) is 18.6 Å². The van der Waals surface area contributed by atoms with Crippen LogP contribution in [-0.4, -0.2) is 28.8 Å². The van der Waals surface area contributed by atoms with E-state index in [0.29, 0.717) is 63.1 Å². The number of oxazole rings is 1. The molecule has 1 aliphatic rings. The largest absolute Gasteiger partial charge is 0.455 e. The van der Waals surface area contributed by atoms with E-state index in [2.05, 4.69) is 20.6 Å². The predicted molar refractivity (Wildman–Crippen MR) is 155 cm³/mol. The van der Waals surface area contributed by atoms with Crippen molar-refractivity contribution in [3.05, 3.63) is 107 Å². The average molecular weight is 579 g/mol. The van der Waals surface area contributed by atoms with Gasteiger partial charge in [-0.3, -0.25) is 14.6 Å². The van der Waals surface area contributed by atoms with Gasteiger partial charge >= 0.3 is 0 Å². The number of hydrogen-bond donors (Lipinski definition) is 2. The number of nitrogens with zero attached hydrogens (tertiary/aromatic N) is 2. The second kappa shape index (κ2) is 9.87. The quantitative estimate of drug-likeness (QED) is 0.229. The third kappa shape index (κ3) is 4.42. The molecule has 0 spiro atoms. The molecule has 2 amide bonds. The Balaban J connectivity index is 1.32. The van der Waals surface area contributed by atoms with Crippen LogP contribution in [-0.2, 0) is 5.54 Å². The Bertz CT molecular complexity index is 2040. The number of rotatable bonds is 6. The van der Waals surface area contributed by atoms with Crippen LogP contribution in [0.1, 0.15) is 45.0 Å². The average Bonchev–Trinajstić information content (AvgIpc) is 3.48. The number of fused-ring (bicyclic) bond motifs is 2. The van der Waals surface area contributed by atoms with E-state index in [4.69, 9.17) is 8.83 Å². The van der Waals surface area contributed by atoms with Gasteiger partial charge in [0.05, 0.1) is 11.8 Å². The third-order valence-corrected chi connectivity index (χ3v) is 7.87. The van der Waals surface area contributed by atoms with E-state index in [0.717, 1.165) is 0 Å². The molecule has 1 aliphatic carbocycles. The number of benzene rings is 3. The van der Waals surface area contributed by atoms with E-state index in [1.54, 1.807) is 49.6 Å². The zero-order valence-corrected chi connectivity index (χ0v) is 23.1. The minimum Gasteiger partial charge on any atom is -0.455 e. The lowest BCUT2D eigenvalue weighted by molar-refractivity contribution is 0.0921. The van der Waals surface area contributed by atoms with Crippen molar-refractivity contribution in [1.29, 1.82) is 0 Å². The Hall–Kier alpha value is -5.38. The van der Waals surface area contributed by atoms with Crippen molar-refractivity contribution in [2.75, 3.05) is 7.05 Å². The molecule has 7 rings (SSSR count). The maximum atomic E-state index is 15.5. The molecule has 0 radical (unpaired) electrons. The van der Waals surface area contributed by atoms with Gasteiger partial charge in [0.25, 0.3) is 11.8 Å². The molecule has 0 unspecified atom stereocenters. The van der Waals surface area contributed by atoms with Crippen LogP contribution < -0.4 is 10.6 Å². The molecule has 3 aromatic heterocycles. The summed E-state index contributed by atoms with van der Waals surface area (Å²) in [4.78, 5) is 35.4. The second-order valence-electron chi connectivity index (χ2n) is 10.6. The molecule has 2 N–H and O–H groups in total. The van der Waals surface area contributed by atoms with Gasteiger partial charge in [-0.1, -0.05) is 12.1 Å². The van der Waals surface area contributed by atoms with Crippen LogP contribution in [0.2, 0.25) is 0 Å². The highest BCUT2D eigenvalue weighted by Gasteiger charge is 2.50. The van der Waals surface area contributed by atoms with Gasteiger partial charge in [0, 0.05) is 35.8 Å². The van der Waals surface area contributed by atoms with Gasteiger partial charge in [0.1, 0.15) is 34.0 Å². The Morgan fingerprint density at radius 3 is 2.44 bits per heavy atom. The van der Waals surface area contributed by atoms with Crippen molar-refractivity contribution in [3.8, 4) is 22.5 Å². The maximum absolute atomic E-state index is 15.5. The van der Waals surface area contributed by atoms with E-state index < -0.39 is 29.0 Å². The van der Waals surface area contributed by atoms with Crippen LogP contribution in [0.5, 0.6) is 0 Å². The van der Waals surface area contributed by atoms with Crippen LogP contribution in [0.4, 0.5) is 8.78 Å². The second-order valence-corrected chi connectivity index (χ2v) is 10.6. The molecule has 1 saturated carbocycles. The van der Waals surface area contributed by atoms with Gasteiger partial charge in [-0.2, -0.15) is 0 Å². The van der Waals surface area contributed by atoms with Gasteiger partial charge in [-0.05, 0) is 78.9 Å². The molecule has 214 valence electrons. The fraction of sp³-hybridized carbons (Fsp3) is 0.152. The van der Waals surface area contributed by atoms with Gasteiger partial charge in [-0.15, -0.1) is 0 Å². The van der Waals surface area contributed by atoms with Crippen molar-refractivity contribution in [2.24, 2.45) is 0 Å². The Labute approximate surface area is 243 Å². The number of carbonyl (C=O) groups excluding carboxylic acids is 2. The molecule has 0 bridgehead atoms. The molecule has 8 nitrogen and oxygen atoms in total. The lowest BCUT2D eigenvalue weighted by atomic mass is 9.92. The van der Waals surface area contributed by atoms with Crippen molar-refractivity contribution < 1.29 is 27.2 Å². The van der Waals surface area contributed by atoms with Crippen molar-refractivity contribution in [3.63, 3.8) is 0 Å². The SMILES string of the molecule is CNC(=O)c1c(-c2ccc(F)cc2)oc2cccc(-c3cc(C(=O)NC4(c5nc6cnccc6o5)CC4)cc(F)c3C)c12. The minimum absolute atomic E-state index is 0.0999. The molecule has 0 saturated heterocycles. The Morgan fingerprint density at radius 2 is 1.72 bits per heavy atom. The molecule has 0 atom stereocenters. The third-order valence-electron chi connectivity index (χ3n) is 7.87. The van der Waals surface area contributed by atoms with Crippen LogP contribution >= 0.6 is 0 Å². The highest BCUT2D eigenvalue weighted by atomic mass is 19.1. The number of aromatic nitrogens is 2. The number of pyridine rings is 1. The first kappa shape index (κ1) is 26.5. The van der Waals surface area contributed by atoms with E-state index in [9.17, 15) is 14.0 Å². The number of amides is 2. The molecular formula is C33H24F2N4O4. The molecule has 43 heavy (non-hydrogen) atoms. The molecular weight excluding hydrogens is 554 g/mol. The van der Waals surface area contributed by atoms with Gasteiger partial charge in [0.2, 0.25) is 5.89 Å². The zero-order valence-electron chi connectivity index (χ0n) is 23.1. The zero-order chi connectivity index (χ0) is 29.9. The highest BCUT2D eigenvalue weighted by Crippen LogP contribution is 2.46. The van der Waals surface area contributed by atoms with E-state index in [1.807, 2.05) is 0 Å². The number of halogens is 2. The fourth-order valence-corrected chi connectivity index (χ4v) is 5.40. The Kier molecular flexibility index (Phi) is 6.08. The number of nitrogens with one attached hydrogen (secondary N) is 2. The summed E-state index contributed by atoms with van der Waals surface area (Å²) in [5.74, 6) is -1.30. The number of furan rings is 1. The van der Waals surface area contributed by atoms with Crippen molar-refractivity contribution in [2.45, 2.75) is 25.3 Å². The molecule has 1 fully saturated rings. The van der Waals surface area contributed by atoms with Crippen LogP contribution in [0.15, 0.2) is 81.9 Å². The van der Waals surface area contributed by atoms with Crippen molar-refractivity contribution in [1.82, 2.24) is 20.6 Å². The molecule has 6 aromatic rings. The lowest BCUT2D eigenvalue weighted by Gasteiger charge is -2.16. The summed E-state index contributed by atoms with van der Waals surface area (Å²) >= 11 is 0. The van der Waals surface area contributed by atoms with Crippen LogP contribution in [0.25, 0.3) is 44.5 Å². The number of hydrogen-bond acceptors (Lipinski definition) is 6. The van der Waals surface area contributed by atoms with Gasteiger partial charge < -0.3 is 19.5 Å². The van der Waals surface area contributed by atoms with Crippen LogP contribution in [0.3, 0.4) is 0 Å². The van der Waals surface area contributed by atoms with E-state index in [1.165, 1.54) is 37.4 Å². The topological polar surface area (TPSA) is 110 Å². The first-order chi connectivity index (χ1) is 20.8. The smallest absolute Gasteiger partial charge is 0.255 e. The molecule has 0 aliphatic heterocycles. The maximum Gasteiger partial charge on any atom is 0.255 e. The normalized spacial score (nSPS) is 13.8. The summed E-state index contributed by atoms with van der Waals surface area (Å²) in [6.07, 6.45) is 4.43. The summed E-state index contributed by atoms with van der Waals surface area (Å²) in [5.41, 5.74) is 2.78. The van der Waals surface area contributed by atoms with Crippen molar-refractivity contribution >= 4 is 33.9 Å².